The molecule has 0 aliphatic carbocycles. The largest absolute Gasteiger partial charge is 0.508 e. The number of phenols is 2. The Kier molecular flexibility index (Phi) is 3.23. The zero-order chi connectivity index (χ0) is 12.4. The van der Waals surface area contributed by atoms with E-state index in [1.165, 1.54) is 37.1 Å². The van der Waals surface area contributed by atoms with Crippen molar-refractivity contribution in [3.05, 3.63) is 23.8 Å². The van der Waals surface area contributed by atoms with Gasteiger partial charge >= 0.3 is 5.97 Å². The fraction of sp³-hybridized carbons (Fsp3) is 0.273. The summed E-state index contributed by atoms with van der Waals surface area (Å²) in [6, 6.07) is 3.65. The van der Waals surface area contributed by atoms with E-state index in [4.69, 9.17) is 0 Å². The van der Waals surface area contributed by atoms with Crippen molar-refractivity contribution < 1.29 is 19.7 Å². The molecule has 6 heteroatoms. The second-order valence-electron chi connectivity index (χ2n) is 3.49. The molecule has 1 heterocycles. The molecule has 0 amide bonds. The highest BCUT2D eigenvalue weighted by molar-refractivity contribution is 8.14. The summed E-state index contributed by atoms with van der Waals surface area (Å²) in [7, 11) is 1.31. The molecule has 0 radical (unpaired) electrons. The quantitative estimate of drug-likeness (QED) is 0.610. The van der Waals surface area contributed by atoms with E-state index in [0.717, 1.165) is 0 Å². The summed E-state index contributed by atoms with van der Waals surface area (Å²) in [6.45, 7) is 0. The maximum Gasteiger partial charge on any atom is 0.331 e. The minimum absolute atomic E-state index is 0.0274. The van der Waals surface area contributed by atoms with Crippen LogP contribution in [-0.4, -0.2) is 40.1 Å². The van der Waals surface area contributed by atoms with Crippen LogP contribution in [0.5, 0.6) is 11.5 Å². The summed E-state index contributed by atoms with van der Waals surface area (Å²) in [5.74, 6) is 0.159. The SMILES string of the molecule is COC(=O)C1CSC(c2cc(O)ccc2O)=N1. The van der Waals surface area contributed by atoms with Crippen LogP contribution in [-0.2, 0) is 9.53 Å². The smallest absolute Gasteiger partial charge is 0.331 e. The van der Waals surface area contributed by atoms with Gasteiger partial charge in [-0.1, -0.05) is 0 Å². The molecule has 0 aromatic heterocycles. The number of esters is 1. The molecule has 0 saturated heterocycles. The van der Waals surface area contributed by atoms with Crippen LogP contribution in [0.15, 0.2) is 23.2 Å². The molecule has 0 spiro atoms. The highest BCUT2D eigenvalue weighted by Crippen LogP contribution is 2.31. The standard InChI is InChI=1S/C11H11NO4S/c1-16-11(15)8-5-17-10(12-8)7-4-6(13)2-3-9(7)14/h2-4,8,13-14H,5H2,1H3. The van der Waals surface area contributed by atoms with Gasteiger partial charge in [-0.15, -0.1) is 11.8 Å². The number of nitrogens with zero attached hydrogens (tertiary/aromatic N) is 1. The minimum Gasteiger partial charge on any atom is -0.508 e. The average molecular weight is 253 g/mol. The number of carbonyl (C=O) groups excluding carboxylic acids is 1. The van der Waals surface area contributed by atoms with E-state index < -0.39 is 12.0 Å². The summed E-state index contributed by atoms with van der Waals surface area (Å²) in [4.78, 5) is 15.5. The van der Waals surface area contributed by atoms with E-state index in [-0.39, 0.29) is 11.5 Å². The first-order valence-electron chi connectivity index (χ1n) is 4.92. The summed E-state index contributed by atoms with van der Waals surface area (Å²) in [5, 5.41) is 19.5. The molecule has 0 bridgehead atoms. The van der Waals surface area contributed by atoms with Crippen molar-refractivity contribution in [1.82, 2.24) is 0 Å². The molecule has 1 unspecified atom stereocenters. The second kappa shape index (κ2) is 4.67. The van der Waals surface area contributed by atoms with Crippen LogP contribution in [0.1, 0.15) is 5.56 Å². The Bertz CT molecular complexity index is 486. The molecular weight excluding hydrogens is 242 g/mol. The Morgan fingerprint density at radius 1 is 1.53 bits per heavy atom. The average Bonchev–Trinajstić information content (AvgIpc) is 2.80. The van der Waals surface area contributed by atoms with Gasteiger partial charge in [0.15, 0.2) is 6.04 Å². The normalized spacial score (nSPS) is 18.9. The van der Waals surface area contributed by atoms with Gasteiger partial charge < -0.3 is 14.9 Å². The number of ether oxygens (including phenoxy) is 1. The monoisotopic (exact) mass is 253 g/mol. The highest BCUT2D eigenvalue weighted by atomic mass is 32.2. The molecule has 2 N–H and O–H groups in total. The minimum atomic E-state index is -0.540. The van der Waals surface area contributed by atoms with Crippen LogP contribution in [0.2, 0.25) is 0 Å². The van der Waals surface area contributed by atoms with Gasteiger partial charge in [-0.3, -0.25) is 4.99 Å². The Morgan fingerprint density at radius 2 is 2.29 bits per heavy atom. The fourth-order valence-electron chi connectivity index (χ4n) is 1.47. The van der Waals surface area contributed by atoms with E-state index in [9.17, 15) is 15.0 Å². The van der Waals surface area contributed by atoms with Crippen LogP contribution < -0.4 is 0 Å². The molecule has 2 rings (SSSR count). The van der Waals surface area contributed by atoms with Crippen molar-refractivity contribution in [2.75, 3.05) is 12.9 Å². The third-order valence-corrected chi connectivity index (χ3v) is 3.42. The molecule has 0 saturated carbocycles. The molecule has 1 aromatic rings. The Balaban J connectivity index is 2.29. The number of thioether (sulfide) groups is 1. The Labute approximate surface area is 102 Å². The van der Waals surface area contributed by atoms with Gasteiger partial charge in [-0.05, 0) is 18.2 Å². The first-order chi connectivity index (χ1) is 8.11. The highest BCUT2D eigenvalue weighted by Gasteiger charge is 2.27. The van der Waals surface area contributed by atoms with E-state index in [1.54, 1.807) is 0 Å². The van der Waals surface area contributed by atoms with Gasteiger partial charge in [0.1, 0.15) is 16.5 Å². The molecule has 1 aromatic carbocycles. The number of benzene rings is 1. The zero-order valence-electron chi connectivity index (χ0n) is 9.08. The van der Waals surface area contributed by atoms with Gasteiger partial charge in [-0.25, -0.2) is 4.79 Å². The van der Waals surface area contributed by atoms with Gasteiger partial charge in [-0.2, -0.15) is 0 Å². The van der Waals surface area contributed by atoms with E-state index in [0.29, 0.717) is 16.4 Å². The predicted octanol–water partition coefficient (Wildman–Crippen LogP) is 1.13. The lowest BCUT2D eigenvalue weighted by molar-refractivity contribution is -0.141. The Morgan fingerprint density at radius 3 is 3.00 bits per heavy atom. The molecule has 90 valence electrons. The van der Waals surface area contributed by atoms with Gasteiger partial charge in [0.25, 0.3) is 0 Å². The molecule has 1 aliphatic rings. The third kappa shape index (κ3) is 2.36. The number of rotatable bonds is 2. The van der Waals surface area contributed by atoms with Crippen LogP contribution in [0.4, 0.5) is 0 Å². The van der Waals surface area contributed by atoms with Crippen LogP contribution in [0, 0.1) is 0 Å². The van der Waals surface area contributed by atoms with Crippen molar-refractivity contribution in [2.45, 2.75) is 6.04 Å². The van der Waals surface area contributed by atoms with Gasteiger partial charge in [0, 0.05) is 5.75 Å². The van der Waals surface area contributed by atoms with Crippen molar-refractivity contribution in [3.8, 4) is 11.5 Å². The third-order valence-electron chi connectivity index (χ3n) is 2.33. The summed E-state index contributed by atoms with van der Waals surface area (Å²) < 4.78 is 4.60. The summed E-state index contributed by atoms with van der Waals surface area (Å²) in [6.07, 6.45) is 0. The molecule has 1 atom stereocenters. The number of aromatic hydroxyl groups is 2. The first kappa shape index (κ1) is 11.8. The number of phenolic OH excluding ortho intramolecular Hbond substituents is 2. The second-order valence-corrected chi connectivity index (χ2v) is 4.49. The fourth-order valence-corrected chi connectivity index (χ4v) is 2.52. The maximum absolute atomic E-state index is 11.3. The van der Waals surface area contributed by atoms with Crippen LogP contribution >= 0.6 is 11.8 Å². The lowest BCUT2D eigenvalue weighted by Crippen LogP contribution is -2.19. The summed E-state index contributed by atoms with van der Waals surface area (Å²) in [5.41, 5.74) is 0.432. The molecule has 1 aliphatic heterocycles. The topological polar surface area (TPSA) is 79.1 Å². The van der Waals surface area contributed by atoms with E-state index >= 15 is 0 Å². The van der Waals surface area contributed by atoms with Gasteiger partial charge in [0.05, 0.1) is 12.7 Å². The first-order valence-corrected chi connectivity index (χ1v) is 5.91. The number of methoxy groups -OCH3 is 1. The number of carbonyl (C=O) groups is 1. The van der Waals surface area contributed by atoms with Crippen LogP contribution in [0.3, 0.4) is 0 Å². The lowest BCUT2D eigenvalue weighted by Gasteiger charge is -2.03. The van der Waals surface area contributed by atoms with E-state index in [1.807, 2.05) is 0 Å². The number of hydrogen-bond donors (Lipinski definition) is 2. The van der Waals surface area contributed by atoms with Crippen molar-refractivity contribution >= 4 is 22.8 Å². The van der Waals surface area contributed by atoms with Crippen molar-refractivity contribution in [2.24, 2.45) is 4.99 Å². The van der Waals surface area contributed by atoms with E-state index in [2.05, 4.69) is 9.73 Å². The zero-order valence-corrected chi connectivity index (χ0v) is 9.90. The maximum atomic E-state index is 11.3. The predicted molar refractivity (Wildman–Crippen MR) is 64.6 cm³/mol. The Hall–Kier alpha value is -1.69. The molecule has 0 fully saturated rings. The lowest BCUT2D eigenvalue weighted by atomic mass is 10.2. The molecular formula is C11H11NO4S. The molecule has 17 heavy (non-hydrogen) atoms. The number of hydrogen-bond acceptors (Lipinski definition) is 6. The van der Waals surface area contributed by atoms with Gasteiger partial charge in [0.2, 0.25) is 0 Å². The van der Waals surface area contributed by atoms with Crippen molar-refractivity contribution in [1.29, 1.82) is 0 Å². The number of aliphatic imine (C=N–C) groups is 1. The molecule has 5 nitrogen and oxygen atoms in total. The van der Waals surface area contributed by atoms with Crippen molar-refractivity contribution in [3.63, 3.8) is 0 Å². The van der Waals surface area contributed by atoms with Crippen LogP contribution in [0.25, 0.3) is 0 Å². The summed E-state index contributed by atoms with van der Waals surface area (Å²) >= 11 is 1.35.